The number of benzene rings is 1. The molecule has 126 valence electrons. The number of ether oxygens (including phenoxy) is 2. The Morgan fingerprint density at radius 1 is 1.22 bits per heavy atom. The third-order valence-electron chi connectivity index (χ3n) is 5.14. The Morgan fingerprint density at radius 3 is 2.48 bits per heavy atom. The Morgan fingerprint density at radius 2 is 1.91 bits per heavy atom. The van der Waals surface area contributed by atoms with Crippen molar-refractivity contribution in [1.29, 1.82) is 0 Å². The number of hydrogen-bond acceptors (Lipinski definition) is 4. The van der Waals surface area contributed by atoms with Crippen LogP contribution in [-0.4, -0.2) is 63.7 Å². The highest BCUT2D eigenvalue weighted by Gasteiger charge is 2.56. The van der Waals surface area contributed by atoms with Crippen molar-refractivity contribution >= 4 is 5.91 Å². The number of carbonyl (C=O) groups excluding carboxylic acids is 1. The van der Waals surface area contributed by atoms with Crippen molar-refractivity contribution in [2.75, 3.05) is 47.9 Å². The fraction of sp³-hybridized carbons (Fsp3) is 0.611. The SMILES string of the molecule is COc1ccc(CC(=O)N2C[C@@H]3C(CN(C)C)[C@@H]3C2)c(OC)c1. The lowest BCUT2D eigenvalue weighted by atomic mass is 10.1. The van der Waals surface area contributed by atoms with E-state index in [-0.39, 0.29) is 5.91 Å². The predicted octanol–water partition coefficient (Wildman–Crippen LogP) is 1.51. The number of rotatable bonds is 6. The van der Waals surface area contributed by atoms with Crippen LogP contribution in [0.4, 0.5) is 0 Å². The van der Waals surface area contributed by atoms with Crippen LogP contribution in [-0.2, 0) is 11.2 Å². The van der Waals surface area contributed by atoms with Gasteiger partial charge in [0.1, 0.15) is 11.5 Å². The van der Waals surface area contributed by atoms with E-state index >= 15 is 0 Å². The van der Waals surface area contributed by atoms with Crippen LogP contribution in [0, 0.1) is 17.8 Å². The molecule has 0 bridgehead atoms. The van der Waals surface area contributed by atoms with Gasteiger partial charge in [0.2, 0.25) is 5.91 Å². The maximum atomic E-state index is 12.6. The molecule has 1 amide bonds. The molecule has 3 atom stereocenters. The van der Waals surface area contributed by atoms with Crippen molar-refractivity contribution in [2.24, 2.45) is 17.8 Å². The number of carbonyl (C=O) groups is 1. The van der Waals surface area contributed by atoms with E-state index in [1.165, 1.54) is 0 Å². The first-order valence-corrected chi connectivity index (χ1v) is 8.17. The zero-order valence-electron chi connectivity index (χ0n) is 14.4. The Labute approximate surface area is 138 Å². The molecule has 1 aromatic carbocycles. The Hall–Kier alpha value is -1.75. The second-order valence-corrected chi connectivity index (χ2v) is 6.91. The van der Waals surface area contributed by atoms with Gasteiger partial charge in [-0.05, 0) is 37.9 Å². The van der Waals surface area contributed by atoms with Crippen molar-refractivity contribution in [2.45, 2.75) is 6.42 Å². The van der Waals surface area contributed by atoms with Gasteiger partial charge in [-0.3, -0.25) is 4.79 Å². The quantitative estimate of drug-likeness (QED) is 0.797. The third-order valence-corrected chi connectivity index (χ3v) is 5.14. The van der Waals surface area contributed by atoms with Crippen LogP contribution >= 0.6 is 0 Å². The van der Waals surface area contributed by atoms with E-state index in [0.29, 0.717) is 24.0 Å². The third kappa shape index (κ3) is 3.29. The normalized spacial score (nSPS) is 25.4. The molecule has 1 heterocycles. The van der Waals surface area contributed by atoms with E-state index in [1.807, 2.05) is 23.1 Å². The number of likely N-dealkylation sites (tertiary alicyclic amines) is 1. The molecular formula is C18H26N2O3. The van der Waals surface area contributed by atoms with E-state index in [0.717, 1.165) is 36.9 Å². The van der Waals surface area contributed by atoms with Crippen LogP contribution in [0.25, 0.3) is 0 Å². The molecule has 1 saturated heterocycles. The first-order valence-electron chi connectivity index (χ1n) is 8.17. The molecule has 0 radical (unpaired) electrons. The lowest BCUT2D eigenvalue weighted by Gasteiger charge is -2.21. The highest BCUT2D eigenvalue weighted by Crippen LogP contribution is 2.51. The number of fused-ring (bicyclic) bond motifs is 1. The van der Waals surface area contributed by atoms with E-state index in [4.69, 9.17) is 9.47 Å². The van der Waals surface area contributed by atoms with Gasteiger partial charge in [0.05, 0.1) is 20.6 Å². The van der Waals surface area contributed by atoms with Crippen LogP contribution in [0.15, 0.2) is 18.2 Å². The molecule has 2 aliphatic rings. The minimum Gasteiger partial charge on any atom is -0.497 e. The zero-order valence-corrected chi connectivity index (χ0v) is 14.4. The number of methoxy groups -OCH3 is 2. The number of nitrogens with zero attached hydrogens (tertiary/aromatic N) is 2. The Balaban J connectivity index is 1.57. The maximum absolute atomic E-state index is 12.6. The number of amides is 1. The Kier molecular flexibility index (Phi) is 4.48. The average Bonchev–Trinajstić information content (AvgIpc) is 2.98. The molecule has 0 N–H and O–H groups in total. The highest BCUT2D eigenvalue weighted by molar-refractivity contribution is 5.80. The van der Waals surface area contributed by atoms with E-state index in [9.17, 15) is 4.79 Å². The highest BCUT2D eigenvalue weighted by atomic mass is 16.5. The fourth-order valence-corrected chi connectivity index (χ4v) is 3.82. The van der Waals surface area contributed by atoms with Crippen molar-refractivity contribution < 1.29 is 14.3 Å². The van der Waals surface area contributed by atoms with E-state index in [1.54, 1.807) is 14.2 Å². The molecule has 0 aromatic heterocycles. The largest absolute Gasteiger partial charge is 0.497 e. The Bertz CT molecular complexity index is 576. The minimum atomic E-state index is 0.198. The summed E-state index contributed by atoms with van der Waals surface area (Å²) in [5, 5.41) is 0. The molecule has 1 aliphatic carbocycles. The summed E-state index contributed by atoms with van der Waals surface area (Å²) in [6, 6.07) is 5.62. The van der Waals surface area contributed by atoms with Crippen LogP contribution in [0.5, 0.6) is 11.5 Å². The summed E-state index contributed by atoms with van der Waals surface area (Å²) in [4.78, 5) is 16.8. The zero-order chi connectivity index (χ0) is 16.6. The molecule has 23 heavy (non-hydrogen) atoms. The lowest BCUT2D eigenvalue weighted by Crippen LogP contribution is -2.34. The van der Waals surface area contributed by atoms with Crippen molar-refractivity contribution in [3.8, 4) is 11.5 Å². The predicted molar refractivity (Wildman–Crippen MR) is 88.9 cm³/mol. The lowest BCUT2D eigenvalue weighted by molar-refractivity contribution is -0.130. The topological polar surface area (TPSA) is 42.0 Å². The molecule has 2 fully saturated rings. The van der Waals surface area contributed by atoms with Gasteiger partial charge in [-0.15, -0.1) is 0 Å². The molecule has 1 aliphatic heterocycles. The fourth-order valence-electron chi connectivity index (χ4n) is 3.82. The standard InChI is InChI=1S/C18H26N2O3/c1-19(2)9-14-15-10-20(11-16(14)15)18(21)7-12-5-6-13(22-3)8-17(12)23-4/h5-6,8,14-16H,7,9-11H2,1-4H3/t14?,15-,16+. The van der Waals surface area contributed by atoms with Crippen LogP contribution < -0.4 is 9.47 Å². The molecule has 5 nitrogen and oxygen atoms in total. The smallest absolute Gasteiger partial charge is 0.227 e. The summed E-state index contributed by atoms with van der Waals surface area (Å²) in [7, 11) is 7.49. The molecule has 3 rings (SSSR count). The van der Waals surface area contributed by atoms with Crippen LogP contribution in [0.2, 0.25) is 0 Å². The van der Waals surface area contributed by atoms with Crippen molar-refractivity contribution in [3.63, 3.8) is 0 Å². The molecular weight excluding hydrogens is 292 g/mol. The van der Waals surface area contributed by atoms with Gasteiger partial charge in [0.25, 0.3) is 0 Å². The molecule has 1 saturated carbocycles. The second kappa shape index (κ2) is 6.40. The number of hydrogen-bond donors (Lipinski definition) is 0. The van der Waals surface area contributed by atoms with Gasteiger partial charge >= 0.3 is 0 Å². The summed E-state index contributed by atoms with van der Waals surface area (Å²) in [6.07, 6.45) is 0.394. The summed E-state index contributed by atoms with van der Waals surface area (Å²) in [5.74, 6) is 3.85. The van der Waals surface area contributed by atoms with Crippen molar-refractivity contribution in [1.82, 2.24) is 9.80 Å². The average molecular weight is 318 g/mol. The molecule has 1 aromatic rings. The molecule has 0 spiro atoms. The van der Waals surface area contributed by atoms with Crippen LogP contribution in [0.3, 0.4) is 0 Å². The summed E-state index contributed by atoms with van der Waals surface area (Å²) < 4.78 is 10.6. The van der Waals surface area contributed by atoms with Gasteiger partial charge in [0.15, 0.2) is 0 Å². The maximum Gasteiger partial charge on any atom is 0.227 e. The number of piperidine rings is 1. The molecule has 1 unspecified atom stereocenters. The minimum absolute atomic E-state index is 0.198. The monoisotopic (exact) mass is 318 g/mol. The van der Waals surface area contributed by atoms with Crippen LogP contribution in [0.1, 0.15) is 5.56 Å². The summed E-state index contributed by atoms with van der Waals surface area (Å²) in [5.41, 5.74) is 0.920. The first-order chi connectivity index (χ1) is 11.0. The summed E-state index contributed by atoms with van der Waals surface area (Å²) in [6.45, 7) is 2.98. The summed E-state index contributed by atoms with van der Waals surface area (Å²) >= 11 is 0. The van der Waals surface area contributed by atoms with Gasteiger partial charge in [-0.1, -0.05) is 6.07 Å². The van der Waals surface area contributed by atoms with Crippen molar-refractivity contribution in [3.05, 3.63) is 23.8 Å². The van der Waals surface area contributed by atoms with E-state index in [2.05, 4.69) is 19.0 Å². The first kappa shape index (κ1) is 16.1. The van der Waals surface area contributed by atoms with Gasteiger partial charge < -0.3 is 19.3 Å². The van der Waals surface area contributed by atoms with Gasteiger partial charge in [0, 0.05) is 31.3 Å². The molecule has 5 heteroatoms. The van der Waals surface area contributed by atoms with Gasteiger partial charge in [-0.25, -0.2) is 0 Å². The second-order valence-electron chi connectivity index (χ2n) is 6.91. The van der Waals surface area contributed by atoms with Gasteiger partial charge in [-0.2, -0.15) is 0 Å². The van der Waals surface area contributed by atoms with E-state index < -0.39 is 0 Å².